The summed E-state index contributed by atoms with van der Waals surface area (Å²) in [7, 11) is 0. The number of thioether (sulfide) groups is 1. The molecule has 7 heteroatoms. The number of esters is 1. The number of carbonyl (C=O) groups excluding carboxylic acids is 2. The van der Waals surface area contributed by atoms with E-state index >= 15 is 0 Å². The van der Waals surface area contributed by atoms with Gasteiger partial charge in [-0.2, -0.15) is 0 Å². The van der Waals surface area contributed by atoms with Gasteiger partial charge in [-0.05, 0) is 35.9 Å². The summed E-state index contributed by atoms with van der Waals surface area (Å²) in [5.74, 6) is -0.411. The number of thiocarbonyl (C=S) groups is 1. The highest BCUT2D eigenvalue weighted by Gasteiger charge is 2.23. The van der Waals surface area contributed by atoms with Crippen LogP contribution in [0.5, 0.6) is 0 Å². The summed E-state index contributed by atoms with van der Waals surface area (Å²) in [4.78, 5) is 25.8. The lowest BCUT2D eigenvalue weighted by atomic mass is 10.1. The topological polar surface area (TPSA) is 55.4 Å². The standard InChI is InChI=1S/C16H9NO3S3/c18-14-13(23-16(21)17-14)6-10-2-4-12(22-10)8-1-3-11-9(5-8)7-20-15(11)19/h1-6H,7H2,(H,17,18,21)/b13-6+. The smallest absolute Gasteiger partial charge is 0.338 e. The minimum Gasteiger partial charge on any atom is -0.457 e. The van der Waals surface area contributed by atoms with Crippen molar-refractivity contribution in [3.63, 3.8) is 0 Å². The Balaban J connectivity index is 1.64. The minimum absolute atomic E-state index is 0.150. The molecule has 0 saturated carbocycles. The Morgan fingerprint density at radius 1 is 1.22 bits per heavy atom. The van der Waals surface area contributed by atoms with Crippen molar-refractivity contribution in [3.05, 3.63) is 51.2 Å². The molecule has 4 rings (SSSR count). The van der Waals surface area contributed by atoms with Gasteiger partial charge >= 0.3 is 5.97 Å². The number of carbonyl (C=O) groups is 2. The Bertz CT molecular complexity index is 898. The van der Waals surface area contributed by atoms with Gasteiger partial charge in [0.15, 0.2) is 0 Å². The van der Waals surface area contributed by atoms with Crippen LogP contribution in [0.4, 0.5) is 0 Å². The quantitative estimate of drug-likeness (QED) is 0.505. The van der Waals surface area contributed by atoms with E-state index in [1.54, 1.807) is 17.4 Å². The second-order valence-corrected chi connectivity index (χ2v) is 7.84. The van der Waals surface area contributed by atoms with Crippen LogP contribution in [-0.2, 0) is 16.1 Å². The van der Waals surface area contributed by atoms with Crippen LogP contribution in [0.1, 0.15) is 20.8 Å². The fourth-order valence-electron chi connectivity index (χ4n) is 2.42. The molecule has 1 aromatic heterocycles. The zero-order valence-electron chi connectivity index (χ0n) is 11.6. The van der Waals surface area contributed by atoms with Crippen molar-refractivity contribution < 1.29 is 14.3 Å². The Labute approximate surface area is 145 Å². The first-order valence-corrected chi connectivity index (χ1v) is 8.79. The molecule has 1 N–H and O–H groups in total. The van der Waals surface area contributed by atoms with Crippen molar-refractivity contribution in [1.82, 2.24) is 5.32 Å². The van der Waals surface area contributed by atoms with Crippen LogP contribution in [0.3, 0.4) is 0 Å². The third kappa shape index (κ3) is 2.71. The third-order valence-electron chi connectivity index (χ3n) is 3.51. The Kier molecular flexibility index (Phi) is 3.56. The molecular weight excluding hydrogens is 350 g/mol. The highest BCUT2D eigenvalue weighted by Crippen LogP contribution is 2.34. The summed E-state index contributed by atoms with van der Waals surface area (Å²) in [6.45, 7) is 0.332. The van der Waals surface area contributed by atoms with Gasteiger partial charge in [-0.1, -0.05) is 30.0 Å². The maximum atomic E-state index is 11.7. The second kappa shape index (κ2) is 5.59. The molecule has 4 nitrogen and oxygen atoms in total. The number of amides is 1. The van der Waals surface area contributed by atoms with Gasteiger partial charge in [-0.15, -0.1) is 11.3 Å². The van der Waals surface area contributed by atoms with E-state index in [-0.39, 0.29) is 11.9 Å². The lowest BCUT2D eigenvalue weighted by Gasteiger charge is -1.99. The van der Waals surface area contributed by atoms with Gasteiger partial charge in [-0.3, -0.25) is 4.79 Å². The van der Waals surface area contributed by atoms with Gasteiger partial charge in [0.1, 0.15) is 10.9 Å². The summed E-state index contributed by atoms with van der Waals surface area (Å²) in [5, 5.41) is 2.60. The largest absolute Gasteiger partial charge is 0.457 e. The molecule has 1 aromatic carbocycles. The molecule has 1 saturated heterocycles. The van der Waals surface area contributed by atoms with Crippen LogP contribution in [0.25, 0.3) is 16.5 Å². The normalized spacial score (nSPS) is 18.3. The average molecular weight is 359 g/mol. The Morgan fingerprint density at radius 3 is 2.87 bits per heavy atom. The molecule has 0 unspecified atom stereocenters. The maximum Gasteiger partial charge on any atom is 0.338 e. The van der Waals surface area contributed by atoms with Gasteiger partial charge in [0.25, 0.3) is 5.91 Å². The van der Waals surface area contributed by atoms with Gasteiger partial charge in [-0.25, -0.2) is 4.79 Å². The SMILES string of the molecule is O=C1NC(=S)S/C1=C/c1ccc(-c2ccc3c(c2)COC3=O)s1. The molecule has 0 bridgehead atoms. The molecule has 3 heterocycles. The number of rotatable bonds is 2. The van der Waals surface area contributed by atoms with Crippen molar-refractivity contribution in [3.8, 4) is 10.4 Å². The number of benzene rings is 1. The predicted molar refractivity (Wildman–Crippen MR) is 95.2 cm³/mol. The number of thiophene rings is 1. The summed E-state index contributed by atoms with van der Waals surface area (Å²) in [6.07, 6.45) is 1.84. The summed E-state index contributed by atoms with van der Waals surface area (Å²) in [6, 6.07) is 9.68. The van der Waals surface area contributed by atoms with Gasteiger partial charge in [0, 0.05) is 15.3 Å². The first kappa shape index (κ1) is 14.6. The number of ether oxygens (including phenoxy) is 1. The lowest BCUT2D eigenvalue weighted by Crippen LogP contribution is -2.17. The average Bonchev–Trinajstić information content (AvgIpc) is 3.21. The maximum absolute atomic E-state index is 11.7. The number of nitrogens with one attached hydrogen (secondary N) is 1. The van der Waals surface area contributed by atoms with Crippen LogP contribution < -0.4 is 5.32 Å². The van der Waals surface area contributed by atoms with E-state index in [1.807, 2.05) is 30.3 Å². The van der Waals surface area contributed by atoms with Crippen molar-refractivity contribution in [2.75, 3.05) is 0 Å². The zero-order valence-corrected chi connectivity index (χ0v) is 14.1. The predicted octanol–water partition coefficient (Wildman–Crippen LogP) is 3.57. The van der Waals surface area contributed by atoms with Crippen molar-refractivity contribution in [2.45, 2.75) is 6.61 Å². The van der Waals surface area contributed by atoms with Gasteiger partial charge < -0.3 is 10.1 Å². The molecule has 2 aliphatic heterocycles. The molecule has 0 aliphatic carbocycles. The number of fused-ring (bicyclic) bond motifs is 1. The van der Waals surface area contributed by atoms with E-state index in [0.29, 0.717) is 21.4 Å². The van der Waals surface area contributed by atoms with Crippen LogP contribution in [0.15, 0.2) is 35.2 Å². The molecule has 1 amide bonds. The Hall–Kier alpha value is -1.96. The highest BCUT2D eigenvalue weighted by molar-refractivity contribution is 8.26. The first-order chi connectivity index (χ1) is 11.1. The molecule has 114 valence electrons. The highest BCUT2D eigenvalue weighted by atomic mass is 32.2. The summed E-state index contributed by atoms with van der Waals surface area (Å²) < 4.78 is 5.51. The number of cyclic esters (lactones) is 1. The van der Waals surface area contributed by atoms with Gasteiger partial charge in [0.2, 0.25) is 0 Å². The van der Waals surface area contributed by atoms with Crippen LogP contribution in [0, 0.1) is 0 Å². The molecule has 23 heavy (non-hydrogen) atoms. The molecule has 0 atom stereocenters. The molecule has 0 radical (unpaired) electrons. The molecular formula is C16H9NO3S3. The minimum atomic E-state index is -0.261. The summed E-state index contributed by atoms with van der Waals surface area (Å²) in [5.41, 5.74) is 2.59. The third-order valence-corrected chi connectivity index (χ3v) is 5.75. The number of hydrogen-bond acceptors (Lipinski definition) is 6. The van der Waals surface area contributed by atoms with E-state index in [0.717, 1.165) is 20.9 Å². The molecule has 1 fully saturated rings. The molecule has 2 aliphatic rings. The van der Waals surface area contributed by atoms with Crippen molar-refractivity contribution in [1.29, 1.82) is 0 Å². The van der Waals surface area contributed by atoms with Gasteiger partial charge in [0.05, 0.1) is 10.5 Å². The fraction of sp³-hybridized carbons (Fsp3) is 0.0625. The van der Waals surface area contributed by atoms with E-state index in [2.05, 4.69) is 5.32 Å². The van der Waals surface area contributed by atoms with E-state index in [1.165, 1.54) is 11.8 Å². The number of hydrogen-bond donors (Lipinski definition) is 1. The van der Waals surface area contributed by atoms with E-state index in [4.69, 9.17) is 17.0 Å². The lowest BCUT2D eigenvalue weighted by molar-refractivity contribution is -0.115. The van der Waals surface area contributed by atoms with E-state index in [9.17, 15) is 9.59 Å². The second-order valence-electron chi connectivity index (χ2n) is 5.00. The molecule has 2 aromatic rings. The van der Waals surface area contributed by atoms with Crippen molar-refractivity contribution >= 4 is 57.6 Å². The summed E-state index contributed by atoms with van der Waals surface area (Å²) >= 11 is 7.84. The zero-order chi connectivity index (χ0) is 16.0. The molecule has 0 spiro atoms. The van der Waals surface area contributed by atoms with E-state index < -0.39 is 0 Å². The van der Waals surface area contributed by atoms with Crippen LogP contribution in [0.2, 0.25) is 0 Å². The van der Waals surface area contributed by atoms with Crippen molar-refractivity contribution in [2.24, 2.45) is 0 Å². The van der Waals surface area contributed by atoms with Crippen LogP contribution >= 0.6 is 35.3 Å². The monoisotopic (exact) mass is 359 g/mol. The first-order valence-electron chi connectivity index (χ1n) is 6.75. The fourth-order valence-corrected chi connectivity index (χ4v) is 4.48. The van der Waals surface area contributed by atoms with Crippen LogP contribution in [-0.4, -0.2) is 16.2 Å². The Morgan fingerprint density at radius 2 is 2.09 bits per heavy atom.